The lowest BCUT2D eigenvalue weighted by atomic mass is 9.93. The van der Waals surface area contributed by atoms with Gasteiger partial charge in [0.15, 0.2) is 0 Å². The molecule has 8 nitrogen and oxygen atoms in total. The number of nitrogens with zero attached hydrogens (tertiary/aromatic N) is 2. The summed E-state index contributed by atoms with van der Waals surface area (Å²) < 4.78 is 38.5. The zero-order valence-electron chi connectivity index (χ0n) is 19.6. The number of anilines is 1. The SMILES string of the molecule is COc1ccc(NS(=O)(=O)c2ccc(C(=O)N3CCC(CCN4CCOCC4)CC3)cc2)cc1. The molecule has 0 aromatic heterocycles. The number of likely N-dealkylation sites (tertiary alicyclic amines) is 1. The van der Waals surface area contributed by atoms with E-state index in [1.54, 1.807) is 43.5 Å². The predicted octanol–water partition coefficient (Wildman–Crippen LogP) is 3.07. The number of carbonyl (C=O) groups is 1. The Morgan fingerprint density at radius 3 is 2.26 bits per heavy atom. The normalized spacial score (nSPS) is 18.0. The molecule has 1 amide bonds. The van der Waals surface area contributed by atoms with E-state index in [0.717, 1.165) is 65.2 Å². The number of sulfonamides is 1. The Balaban J connectivity index is 1.28. The van der Waals surface area contributed by atoms with Crippen LogP contribution in [0.15, 0.2) is 53.4 Å². The molecule has 0 radical (unpaired) electrons. The lowest BCUT2D eigenvalue weighted by molar-refractivity contribution is 0.0332. The lowest BCUT2D eigenvalue weighted by Gasteiger charge is -2.34. The average molecular weight is 488 g/mol. The second-order valence-corrected chi connectivity index (χ2v) is 10.5. The highest BCUT2D eigenvalue weighted by molar-refractivity contribution is 7.92. The highest BCUT2D eigenvalue weighted by Gasteiger charge is 2.25. The first kappa shape index (κ1) is 24.5. The maximum Gasteiger partial charge on any atom is 0.261 e. The minimum Gasteiger partial charge on any atom is -0.497 e. The largest absolute Gasteiger partial charge is 0.497 e. The monoisotopic (exact) mass is 487 g/mol. The van der Waals surface area contributed by atoms with Gasteiger partial charge >= 0.3 is 0 Å². The molecule has 0 atom stereocenters. The van der Waals surface area contributed by atoms with Gasteiger partial charge in [0.2, 0.25) is 0 Å². The van der Waals surface area contributed by atoms with Crippen molar-refractivity contribution in [2.45, 2.75) is 24.2 Å². The van der Waals surface area contributed by atoms with Crippen molar-refractivity contribution < 1.29 is 22.7 Å². The summed E-state index contributed by atoms with van der Waals surface area (Å²) in [6.45, 7) is 6.26. The topological polar surface area (TPSA) is 88.2 Å². The molecule has 4 rings (SSSR count). The predicted molar refractivity (Wildman–Crippen MR) is 131 cm³/mol. The zero-order chi connectivity index (χ0) is 24.0. The molecule has 2 aromatic carbocycles. The van der Waals surface area contributed by atoms with Crippen LogP contribution in [-0.4, -0.2) is 77.2 Å². The van der Waals surface area contributed by atoms with Gasteiger partial charge in [-0.1, -0.05) is 0 Å². The number of amides is 1. The van der Waals surface area contributed by atoms with Gasteiger partial charge < -0.3 is 14.4 Å². The van der Waals surface area contributed by atoms with Gasteiger partial charge in [0.1, 0.15) is 5.75 Å². The van der Waals surface area contributed by atoms with Gasteiger partial charge in [-0.05, 0) is 80.3 Å². The first-order valence-corrected chi connectivity index (χ1v) is 13.3. The molecule has 0 aliphatic carbocycles. The Morgan fingerprint density at radius 2 is 1.65 bits per heavy atom. The van der Waals surface area contributed by atoms with Crippen LogP contribution < -0.4 is 9.46 Å². The van der Waals surface area contributed by atoms with Crippen LogP contribution >= 0.6 is 0 Å². The third-order valence-corrected chi connectivity index (χ3v) is 8.01. The van der Waals surface area contributed by atoms with Gasteiger partial charge in [-0.25, -0.2) is 8.42 Å². The summed E-state index contributed by atoms with van der Waals surface area (Å²) in [4.78, 5) is 17.4. The van der Waals surface area contributed by atoms with E-state index < -0.39 is 10.0 Å². The van der Waals surface area contributed by atoms with Crippen LogP contribution in [0.3, 0.4) is 0 Å². The van der Waals surface area contributed by atoms with Gasteiger partial charge in [-0.15, -0.1) is 0 Å². The van der Waals surface area contributed by atoms with Gasteiger partial charge in [0.25, 0.3) is 15.9 Å². The number of methoxy groups -OCH3 is 1. The third kappa shape index (κ3) is 6.28. The molecule has 2 heterocycles. The quantitative estimate of drug-likeness (QED) is 0.616. The summed E-state index contributed by atoms with van der Waals surface area (Å²) in [5, 5.41) is 0. The molecule has 9 heteroatoms. The number of carbonyl (C=O) groups excluding carboxylic acids is 1. The number of nitrogens with one attached hydrogen (secondary N) is 1. The van der Waals surface area contributed by atoms with Crippen molar-refractivity contribution >= 4 is 21.6 Å². The summed E-state index contributed by atoms with van der Waals surface area (Å²) in [7, 11) is -2.20. The van der Waals surface area contributed by atoms with Gasteiger partial charge in [0, 0.05) is 37.4 Å². The lowest BCUT2D eigenvalue weighted by Crippen LogP contribution is -2.40. The summed E-state index contributed by atoms with van der Waals surface area (Å²) in [6.07, 6.45) is 3.18. The van der Waals surface area contributed by atoms with Crippen molar-refractivity contribution in [1.29, 1.82) is 0 Å². The number of morpholine rings is 1. The number of hydrogen-bond acceptors (Lipinski definition) is 6. The Labute approximate surface area is 201 Å². The van der Waals surface area contributed by atoms with Crippen molar-refractivity contribution in [1.82, 2.24) is 9.80 Å². The van der Waals surface area contributed by atoms with Crippen LogP contribution in [0.4, 0.5) is 5.69 Å². The molecule has 0 unspecified atom stereocenters. The third-order valence-electron chi connectivity index (χ3n) is 6.61. The molecule has 2 saturated heterocycles. The second-order valence-electron chi connectivity index (χ2n) is 8.84. The smallest absolute Gasteiger partial charge is 0.261 e. The van der Waals surface area contributed by atoms with Gasteiger partial charge in [-0.3, -0.25) is 14.4 Å². The fourth-order valence-electron chi connectivity index (χ4n) is 4.45. The molecule has 2 fully saturated rings. The molecule has 2 aliphatic heterocycles. The van der Waals surface area contributed by atoms with Crippen LogP contribution in [0.5, 0.6) is 5.75 Å². The molecule has 2 aliphatic rings. The molecule has 184 valence electrons. The summed E-state index contributed by atoms with van der Waals surface area (Å²) in [5.74, 6) is 1.24. The van der Waals surface area contributed by atoms with Crippen molar-refractivity contribution in [3.05, 3.63) is 54.1 Å². The van der Waals surface area contributed by atoms with Gasteiger partial charge in [0.05, 0.1) is 25.2 Å². The number of hydrogen-bond donors (Lipinski definition) is 1. The number of ether oxygens (including phenoxy) is 2. The van der Waals surface area contributed by atoms with E-state index in [0.29, 0.717) is 22.9 Å². The Bertz CT molecular complexity index is 1040. The maximum atomic E-state index is 13.0. The maximum absolute atomic E-state index is 13.0. The number of rotatable bonds is 8. The molecular weight excluding hydrogens is 454 g/mol. The molecule has 34 heavy (non-hydrogen) atoms. The first-order valence-electron chi connectivity index (χ1n) is 11.8. The van der Waals surface area contributed by atoms with E-state index in [1.807, 2.05) is 4.90 Å². The second kappa shape index (κ2) is 11.2. The minimum atomic E-state index is -3.75. The van der Waals surface area contributed by atoms with E-state index in [4.69, 9.17) is 9.47 Å². The highest BCUT2D eigenvalue weighted by Crippen LogP contribution is 2.24. The van der Waals surface area contributed by atoms with Crippen molar-refractivity contribution in [3.63, 3.8) is 0 Å². The number of benzene rings is 2. The Kier molecular flexibility index (Phi) is 8.07. The standard InChI is InChI=1S/C25H33N3O5S/c1-32-23-6-4-22(5-7-23)26-34(30,31)24-8-2-21(3-9-24)25(29)28-14-11-20(12-15-28)10-13-27-16-18-33-19-17-27/h2-9,20,26H,10-19H2,1H3. The summed E-state index contributed by atoms with van der Waals surface area (Å²) in [6, 6.07) is 12.8. The summed E-state index contributed by atoms with van der Waals surface area (Å²) >= 11 is 0. The van der Waals surface area contributed by atoms with Crippen molar-refractivity contribution in [2.75, 3.05) is 57.8 Å². The molecule has 0 spiro atoms. The number of piperidine rings is 1. The minimum absolute atomic E-state index is 0.0429. The fourth-order valence-corrected chi connectivity index (χ4v) is 5.51. The average Bonchev–Trinajstić information content (AvgIpc) is 2.88. The first-order chi connectivity index (χ1) is 16.4. The van der Waals surface area contributed by atoms with Crippen molar-refractivity contribution in [2.24, 2.45) is 5.92 Å². The van der Waals surface area contributed by atoms with E-state index in [2.05, 4.69) is 9.62 Å². The molecule has 1 N–H and O–H groups in total. The molecule has 2 aromatic rings. The van der Waals surface area contributed by atoms with E-state index in [9.17, 15) is 13.2 Å². The highest BCUT2D eigenvalue weighted by atomic mass is 32.2. The van der Waals surface area contributed by atoms with Crippen LogP contribution in [0.2, 0.25) is 0 Å². The van der Waals surface area contributed by atoms with Crippen LogP contribution in [0, 0.1) is 5.92 Å². The summed E-state index contributed by atoms with van der Waals surface area (Å²) in [5.41, 5.74) is 0.951. The van der Waals surface area contributed by atoms with E-state index >= 15 is 0 Å². The molecule has 0 bridgehead atoms. The Hall–Kier alpha value is -2.62. The van der Waals surface area contributed by atoms with Crippen LogP contribution in [0.1, 0.15) is 29.6 Å². The van der Waals surface area contributed by atoms with Crippen molar-refractivity contribution in [3.8, 4) is 5.75 Å². The van der Waals surface area contributed by atoms with E-state index in [1.165, 1.54) is 12.1 Å². The molecule has 0 saturated carbocycles. The zero-order valence-corrected chi connectivity index (χ0v) is 20.4. The fraction of sp³-hybridized carbons (Fsp3) is 0.480. The Morgan fingerprint density at radius 1 is 1.00 bits per heavy atom. The van der Waals surface area contributed by atoms with Crippen LogP contribution in [0.25, 0.3) is 0 Å². The van der Waals surface area contributed by atoms with Crippen LogP contribution in [-0.2, 0) is 14.8 Å². The van der Waals surface area contributed by atoms with Gasteiger partial charge in [-0.2, -0.15) is 0 Å². The van der Waals surface area contributed by atoms with E-state index in [-0.39, 0.29) is 10.8 Å². The molecular formula is C25H33N3O5S.